The van der Waals surface area contributed by atoms with E-state index in [-0.39, 0.29) is 0 Å². The fourth-order valence-electron chi connectivity index (χ4n) is 1.88. The molecular weight excluding hydrogens is 264 g/mol. The van der Waals surface area contributed by atoms with E-state index in [1.807, 2.05) is 7.05 Å². The van der Waals surface area contributed by atoms with Crippen molar-refractivity contribution in [2.75, 3.05) is 20.7 Å². The summed E-state index contributed by atoms with van der Waals surface area (Å²) < 4.78 is 32.2. The summed E-state index contributed by atoms with van der Waals surface area (Å²) in [7, 11) is -0.0256. The molecular formula is C13H20N2O3S. The number of hydrogen-bond acceptors (Lipinski definition) is 4. The summed E-state index contributed by atoms with van der Waals surface area (Å²) in [6.45, 7) is 1.10. The lowest BCUT2D eigenvalue weighted by atomic mass is 10.2. The van der Waals surface area contributed by atoms with Crippen LogP contribution in [0.2, 0.25) is 0 Å². The number of methoxy groups -OCH3 is 1. The predicted molar refractivity (Wildman–Crippen MR) is 73.7 cm³/mol. The maximum absolute atomic E-state index is 12.1. The summed E-state index contributed by atoms with van der Waals surface area (Å²) in [5, 5.41) is 3.00. The van der Waals surface area contributed by atoms with Gasteiger partial charge in [-0.05, 0) is 44.0 Å². The average molecular weight is 284 g/mol. The van der Waals surface area contributed by atoms with Crippen LogP contribution in [0.5, 0.6) is 5.75 Å². The molecule has 1 aliphatic rings. The summed E-state index contributed by atoms with van der Waals surface area (Å²) in [6.07, 6.45) is 2.24. The summed E-state index contributed by atoms with van der Waals surface area (Å²) >= 11 is 0. The highest BCUT2D eigenvalue weighted by atomic mass is 32.2. The first-order valence-electron chi connectivity index (χ1n) is 6.38. The van der Waals surface area contributed by atoms with Gasteiger partial charge in [0.2, 0.25) is 10.0 Å². The lowest BCUT2D eigenvalue weighted by molar-refractivity contribution is 0.408. The van der Waals surface area contributed by atoms with Gasteiger partial charge in [-0.2, -0.15) is 0 Å². The van der Waals surface area contributed by atoms with Gasteiger partial charge >= 0.3 is 0 Å². The van der Waals surface area contributed by atoms with Gasteiger partial charge in [-0.25, -0.2) is 13.1 Å². The Labute approximate surface area is 114 Å². The normalized spacial score (nSPS) is 15.5. The number of benzene rings is 1. The highest BCUT2D eigenvalue weighted by Gasteiger charge is 2.24. The van der Waals surface area contributed by atoms with Crippen molar-refractivity contribution in [3.8, 4) is 5.75 Å². The first-order valence-corrected chi connectivity index (χ1v) is 7.86. The molecule has 0 bridgehead atoms. The van der Waals surface area contributed by atoms with Crippen LogP contribution in [0.15, 0.2) is 23.1 Å². The fraction of sp³-hybridized carbons (Fsp3) is 0.538. The third kappa shape index (κ3) is 3.68. The van der Waals surface area contributed by atoms with Crippen molar-refractivity contribution < 1.29 is 13.2 Å². The maximum Gasteiger partial charge on any atom is 0.240 e. The van der Waals surface area contributed by atoms with Crippen LogP contribution < -0.4 is 14.8 Å². The minimum Gasteiger partial charge on any atom is -0.496 e. The highest BCUT2D eigenvalue weighted by molar-refractivity contribution is 7.89. The lowest BCUT2D eigenvalue weighted by Crippen LogP contribution is -2.26. The molecule has 0 aromatic heterocycles. The Morgan fingerprint density at radius 1 is 1.37 bits per heavy atom. The quantitative estimate of drug-likeness (QED) is 0.787. The minimum atomic E-state index is -3.41. The topological polar surface area (TPSA) is 67.4 Å². The Hall–Kier alpha value is -1.11. The van der Waals surface area contributed by atoms with E-state index in [1.165, 1.54) is 0 Å². The van der Waals surface area contributed by atoms with Gasteiger partial charge in [0.15, 0.2) is 0 Å². The molecule has 0 radical (unpaired) electrons. The molecule has 1 aliphatic carbocycles. The van der Waals surface area contributed by atoms with Crippen LogP contribution in [-0.2, 0) is 16.6 Å². The predicted octanol–water partition coefficient (Wildman–Crippen LogP) is 1.10. The zero-order valence-electron chi connectivity index (χ0n) is 11.3. The van der Waals surface area contributed by atoms with Crippen molar-refractivity contribution in [3.63, 3.8) is 0 Å². The number of rotatable bonds is 7. The molecule has 1 saturated carbocycles. The molecule has 19 heavy (non-hydrogen) atoms. The summed E-state index contributed by atoms with van der Waals surface area (Å²) in [4.78, 5) is 0.291. The largest absolute Gasteiger partial charge is 0.496 e. The second-order valence-electron chi connectivity index (χ2n) is 4.80. The molecule has 1 fully saturated rings. The lowest BCUT2D eigenvalue weighted by Gasteiger charge is -2.11. The third-order valence-corrected chi connectivity index (χ3v) is 4.61. The van der Waals surface area contributed by atoms with Gasteiger partial charge in [0.1, 0.15) is 5.75 Å². The minimum absolute atomic E-state index is 0.291. The van der Waals surface area contributed by atoms with E-state index in [4.69, 9.17) is 4.74 Å². The third-order valence-electron chi connectivity index (χ3n) is 3.19. The van der Waals surface area contributed by atoms with E-state index in [1.54, 1.807) is 25.3 Å². The maximum atomic E-state index is 12.1. The van der Waals surface area contributed by atoms with E-state index in [0.29, 0.717) is 29.7 Å². The molecule has 1 aromatic rings. The molecule has 106 valence electrons. The number of ether oxygens (including phenoxy) is 1. The van der Waals surface area contributed by atoms with E-state index >= 15 is 0 Å². The van der Waals surface area contributed by atoms with Gasteiger partial charge in [0.25, 0.3) is 0 Å². The van der Waals surface area contributed by atoms with Crippen molar-refractivity contribution in [3.05, 3.63) is 23.8 Å². The van der Waals surface area contributed by atoms with Gasteiger partial charge in [-0.1, -0.05) is 0 Å². The first kappa shape index (κ1) is 14.3. The molecule has 0 amide bonds. The Bertz CT molecular complexity index is 539. The zero-order valence-corrected chi connectivity index (χ0v) is 12.1. The standard InChI is InChI=1S/C13H20N2O3S/c1-14-9-11-7-12(5-6-13(11)18-2)19(16,17)15-8-10-3-4-10/h5-7,10,14-15H,3-4,8-9H2,1-2H3. The fourth-order valence-corrected chi connectivity index (χ4v) is 3.05. The molecule has 0 aliphatic heterocycles. The molecule has 0 spiro atoms. The van der Waals surface area contributed by atoms with Gasteiger partial charge in [0, 0.05) is 18.7 Å². The number of sulfonamides is 1. The Kier molecular flexibility index (Phi) is 4.44. The van der Waals surface area contributed by atoms with Crippen molar-refractivity contribution in [1.29, 1.82) is 0 Å². The molecule has 0 unspecified atom stereocenters. The average Bonchev–Trinajstić information content (AvgIpc) is 3.21. The van der Waals surface area contributed by atoms with Crippen molar-refractivity contribution in [2.45, 2.75) is 24.3 Å². The van der Waals surface area contributed by atoms with Crippen LogP contribution in [-0.4, -0.2) is 29.1 Å². The molecule has 5 nitrogen and oxygen atoms in total. The number of hydrogen-bond donors (Lipinski definition) is 2. The number of nitrogens with one attached hydrogen (secondary N) is 2. The SMILES string of the molecule is CNCc1cc(S(=O)(=O)NCC2CC2)ccc1OC. The van der Waals surface area contributed by atoms with Crippen LogP contribution in [0.1, 0.15) is 18.4 Å². The smallest absolute Gasteiger partial charge is 0.240 e. The van der Waals surface area contributed by atoms with Gasteiger partial charge in [0.05, 0.1) is 12.0 Å². The molecule has 1 aromatic carbocycles. The zero-order chi connectivity index (χ0) is 13.9. The van der Waals surface area contributed by atoms with Crippen molar-refractivity contribution >= 4 is 10.0 Å². The molecule has 2 rings (SSSR count). The van der Waals surface area contributed by atoms with E-state index in [2.05, 4.69) is 10.0 Å². The summed E-state index contributed by atoms with van der Waals surface area (Å²) in [6, 6.07) is 4.93. The van der Waals surface area contributed by atoms with Gasteiger partial charge in [-0.15, -0.1) is 0 Å². The second kappa shape index (κ2) is 5.90. The molecule has 0 atom stereocenters. The Morgan fingerprint density at radius 3 is 2.68 bits per heavy atom. The van der Waals surface area contributed by atoms with Crippen LogP contribution in [0, 0.1) is 5.92 Å². The highest BCUT2D eigenvalue weighted by Crippen LogP contribution is 2.28. The first-order chi connectivity index (χ1) is 9.06. The van der Waals surface area contributed by atoms with Crippen LogP contribution in [0.4, 0.5) is 0 Å². The van der Waals surface area contributed by atoms with Crippen LogP contribution in [0.3, 0.4) is 0 Å². The summed E-state index contributed by atoms with van der Waals surface area (Å²) in [5.74, 6) is 1.21. The molecule has 6 heteroatoms. The Morgan fingerprint density at radius 2 is 2.11 bits per heavy atom. The van der Waals surface area contributed by atoms with Crippen LogP contribution >= 0.6 is 0 Å². The molecule has 2 N–H and O–H groups in total. The Balaban J connectivity index is 2.20. The second-order valence-corrected chi connectivity index (χ2v) is 6.57. The van der Waals surface area contributed by atoms with Crippen molar-refractivity contribution in [2.24, 2.45) is 5.92 Å². The van der Waals surface area contributed by atoms with Gasteiger partial charge in [-0.3, -0.25) is 0 Å². The molecule has 0 saturated heterocycles. The van der Waals surface area contributed by atoms with Crippen molar-refractivity contribution in [1.82, 2.24) is 10.0 Å². The van der Waals surface area contributed by atoms with Gasteiger partial charge < -0.3 is 10.1 Å². The van der Waals surface area contributed by atoms with E-state index < -0.39 is 10.0 Å². The monoisotopic (exact) mass is 284 g/mol. The van der Waals surface area contributed by atoms with Crippen LogP contribution in [0.25, 0.3) is 0 Å². The molecule has 0 heterocycles. The van der Waals surface area contributed by atoms with E-state index in [0.717, 1.165) is 18.4 Å². The summed E-state index contributed by atoms with van der Waals surface area (Å²) in [5.41, 5.74) is 0.833. The van der Waals surface area contributed by atoms with E-state index in [9.17, 15) is 8.42 Å².